The van der Waals surface area contributed by atoms with Gasteiger partial charge in [-0.05, 0) is 23.0 Å². The first-order valence-electron chi connectivity index (χ1n) is 1.34. The van der Waals surface area contributed by atoms with Gasteiger partial charge in [0.05, 0.1) is 0 Å². The number of thiol groups is 1. The Hall–Kier alpha value is 0.490. The van der Waals surface area contributed by atoms with E-state index in [1.165, 1.54) is 0 Å². The molecule has 0 atom stereocenters. The Morgan fingerprint density at radius 2 is 2.33 bits per heavy atom. The fourth-order valence-electron chi connectivity index (χ4n) is 0.0710. The molecule has 0 fully saturated rings. The summed E-state index contributed by atoms with van der Waals surface area (Å²) in [4.78, 5) is 0. The van der Waals surface area contributed by atoms with Crippen molar-refractivity contribution in [2.24, 2.45) is 4.40 Å². The van der Waals surface area contributed by atoms with Gasteiger partial charge in [0.25, 0.3) is 0 Å². The highest BCUT2D eigenvalue weighted by Crippen LogP contribution is 1.80. The topological polar surface area (TPSA) is 12.4 Å². The van der Waals surface area contributed by atoms with E-state index in [1.54, 1.807) is 12.3 Å². The van der Waals surface area contributed by atoms with Crippen molar-refractivity contribution in [3.63, 3.8) is 0 Å². The van der Waals surface area contributed by atoms with Crippen molar-refractivity contribution in [1.82, 2.24) is 0 Å². The summed E-state index contributed by atoms with van der Waals surface area (Å²) < 4.78 is 5.26. The van der Waals surface area contributed by atoms with Crippen molar-refractivity contribution in [3.05, 3.63) is 10.2 Å². The summed E-state index contributed by atoms with van der Waals surface area (Å²) in [5.41, 5.74) is 0. The third kappa shape index (κ3) is 4.49. The van der Waals surface area contributed by atoms with Crippen molar-refractivity contribution in [3.8, 4) is 0 Å². The van der Waals surface area contributed by atoms with Crippen LogP contribution in [-0.4, -0.2) is 6.21 Å². The Morgan fingerprint density at radius 1 is 1.67 bits per heavy atom. The smallest absolute Gasteiger partial charge is 0.0352 e. The molecule has 34 valence electrons. The molecule has 1 nitrogen and oxygen atoms in total. The van der Waals surface area contributed by atoms with E-state index in [4.69, 9.17) is 0 Å². The third-order valence-electron chi connectivity index (χ3n) is 0.225. The van der Waals surface area contributed by atoms with Crippen LogP contribution in [-0.2, 0) is 0 Å². The fraction of sp³-hybridized carbons (Fsp3) is 0. The van der Waals surface area contributed by atoms with Gasteiger partial charge in [-0.15, -0.1) is 0 Å². The van der Waals surface area contributed by atoms with Gasteiger partial charge in [-0.2, -0.15) is 0 Å². The Bertz CT molecular complexity index is 59.2. The first kappa shape index (κ1) is 6.49. The zero-order valence-corrected chi connectivity index (χ0v) is 6.06. The van der Waals surface area contributed by atoms with Gasteiger partial charge in [-0.25, -0.2) is 4.40 Å². The molecule has 0 bridgehead atoms. The van der Waals surface area contributed by atoms with Crippen molar-refractivity contribution >= 4 is 41.6 Å². The van der Waals surface area contributed by atoms with Gasteiger partial charge in [0.15, 0.2) is 0 Å². The molecule has 0 aromatic rings. The summed E-state index contributed by atoms with van der Waals surface area (Å²) in [5, 5.41) is 0. The third-order valence-corrected chi connectivity index (χ3v) is 0.774. The molecule has 6 heavy (non-hydrogen) atoms. The van der Waals surface area contributed by atoms with Crippen LogP contribution in [0.2, 0.25) is 0 Å². The molecule has 0 saturated carbocycles. The van der Waals surface area contributed by atoms with E-state index in [0.29, 0.717) is 0 Å². The van der Waals surface area contributed by atoms with Crippen LogP contribution in [0.25, 0.3) is 0 Å². The molecule has 0 aromatic heterocycles. The maximum atomic E-state index is 3.57. The number of hydrogen-bond donors (Lipinski definition) is 1. The van der Waals surface area contributed by atoms with Gasteiger partial charge in [0.1, 0.15) is 0 Å². The monoisotopic (exact) mass is 213 g/mol. The zero-order chi connectivity index (χ0) is 4.83. The Balaban J connectivity index is 3.07. The number of rotatable bonds is 1. The van der Waals surface area contributed by atoms with Gasteiger partial charge >= 0.3 is 0 Å². The largest absolute Gasteiger partial charge is 0.228 e. The summed E-state index contributed by atoms with van der Waals surface area (Å²) in [6.07, 6.45) is 3.41. The predicted octanol–water partition coefficient (Wildman–Crippen LogP) is 1.85. The molecular weight excluding hydrogens is 209 g/mol. The van der Waals surface area contributed by atoms with E-state index in [1.807, 2.05) is 4.08 Å². The second-order valence-electron chi connectivity index (χ2n) is 0.583. The molecule has 0 rings (SSSR count). The number of hydrogen-bond acceptors (Lipinski definition) is 2. The molecule has 0 N–H and O–H groups in total. The van der Waals surface area contributed by atoms with Crippen molar-refractivity contribution in [2.45, 2.75) is 0 Å². The van der Waals surface area contributed by atoms with Crippen LogP contribution in [0.3, 0.4) is 0 Å². The molecule has 0 aliphatic carbocycles. The van der Waals surface area contributed by atoms with Crippen LogP contribution in [0.5, 0.6) is 0 Å². The van der Waals surface area contributed by atoms with E-state index in [2.05, 4.69) is 39.8 Å². The Morgan fingerprint density at radius 3 is 2.50 bits per heavy atom. The first-order valence-corrected chi connectivity index (χ1v) is 2.99. The first-order chi connectivity index (χ1) is 2.91. The highest BCUT2D eigenvalue weighted by atomic mass is 127. The van der Waals surface area contributed by atoms with E-state index >= 15 is 0 Å². The lowest BCUT2D eigenvalue weighted by Crippen LogP contribution is -1.49. The van der Waals surface area contributed by atoms with Gasteiger partial charge in [0, 0.05) is 6.21 Å². The van der Waals surface area contributed by atoms with Crippen molar-refractivity contribution < 1.29 is 0 Å². The van der Waals surface area contributed by atoms with Crippen LogP contribution in [0.15, 0.2) is 14.6 Å². The summed E-state index contributed by atoms with van der Waals surface area (Å²) in [7, 11) is 0. The normalized spacial score (nSPS) is 11.7. The molecule has 0 saturated heterocycles. The quantitative estimate of drug-likeness (QED) is 0.387. The molecule has 3 heteroatoms. The lowest BCUT2D eigenvalue weighted by atomic mass is 10.7. The average Bonchev–Trinajstić information content (AvgIpc) is 1.61. The lowest BCUT2D eigenvalue weighted by molar-refractivity contribution is 2.01. The van der Waals surface area contributed by atoms with E-state index in [0.717, 1.165) is 0 Å². The minimum absolute atomic E-state index is 1.61. The molecule has 0 radical (unpaired) electrons. The molecular formula is C3H4INS. The highest BCUT2D eigenvalue weighted by Gasteiger charge is 1.51. The summed E-state index contributed by atoms with van der Waals surface area (Å²) >= 11 is 5.67. The molecule has 0 aliphatic heterocycles. The van der Waals surface area contributed by atoms with Crippen molar-refractivity contribution in [1.29, 1.82) is 0 Å². The van der Waals surface area contributed by atoms with Crippen LogP contribution >= 0.6 is 35.4 Å². The number of halogens is 1. The second kappa shape index (κ2) is 5.49. The predicted molar refractivity (Wildman–Crippen MR) is 40.6 cm³/mol. The second-order valence-corrected chi connectivity index (χ2v) is 1.53. The van der Waals surface area contributed by atoms with Crippen molar-refractivity contribution in [2.75, 3.05) is 0 Å². The lowest BCUT2D eigenvalue weighted by Gasteiger charge is -1.61. The van der Waals surface area contributed by atoms with E-state index < -0.39 is 0 Å². The summed E-state index contributed by atoms with van der Waals surface area (Å²) in [6.45, 7) is 0. The minimum atomic E-state index is 1.61. The molecule has 0 amide bonds. The molecule has 0 aliphatic rings. The highest BCUT2D eigenvalue weighted by molar-refractivity contribution is 14.1. The summed E-state index contributed by atoms with van der Waals surface area (Å²) in [6, 6.07) is 0. The van der Waals surface area contributed by atoms with Crippen LogP contribution in [0.1, 0.15) is 0 Å². The molecule has 0 heterocycles. The maximum absolute atomic E-state index is 3.57. The maximum Gasteiger partial charge on any atom is 0.0352 e. The van der Waals surface area contributed by atoms with E-state index in [-0.39, 0.29) is 0 Å². The molecule has 0 aromatic carbocycles. The Labute approximate surface area is 56.2 Å². The fourth-order valence-corrected chi connectivity index (χ4v) is 0.334. The molecule has 0 spiro atoms. The van der Waals surface area contributed by atoms with E-state index in [9.17, 15) is 0 Å². The zero-order valence-electron chi connectivity index (χ0n) is 3.00. The minimum Gasteiger partial charge on any atom is -0.228 e. The molecule has 0 unspecified atom stereocenters. The van der Waals surface area contributed by atoms with Gasteiger partial charge in [0.2, 0.25) is 0 Å². The number of allylic oxidation sites excluding steroid dienone is 1. The Kier molecular flexibility index (Phi) is 5.94. The van der Waals surface area contributed by atoms with Gasteiger partial charge in [-0.3, -0.25) is 0 Å². The van der Waals surface area contributed by atoms with Crippen LogP contribution in [0.4, 0.5) is 0 Å². The van der Waals surface area contributed by atoms with Crippen LogP contribution in [0, 0.1) is 0 Å². The van der Waals surface area contributed by atoms with Gasteiger partial charge < -0.3 is 0 Å². The standard InChI is InChI=1S/C3H4INS/c4-2-1-3-5-6/h1-3,6H/b2-1-,5-3?. The summed E-state index contributed by atoms with van der Waals surface area (Å²) in [5.74, 6) is 0. The SMILES string of the molecule is SN=C/C=C\I. The number of nitrogens with zero attached hydrogens (tertiary/aromatic N) is 1. The average molecular weight is 213 g/mol. The van der Waals surface area contributed by atoms with Crippen LogP contribution < -0.4 is 0 Å². The van der Waals surface area contributed by atoms with Gasteiger partial charge in [-0.1, -0.05) is 22.6 Å².